The number of carbonyl (C=O) groups is 4. The molecule has 9 nitrogen and oxygen atoms in total. The summed E-state index contributed by atoms with van der Waals surface area (Å²) in [4.78, 5) is 49.1. The van der Waals surface area contributed by atoms with Crippen LogP contribution in [0.15, 0.2) is 47.4 Å². The van der Waals surface area contributed by atoms with Crippen LogP contribution in [-0.4, -0.2) is 52.8 Å². The van der Waals surface area contributed by atoms with Gasteiger partial charge in [-0.05, 0) is 66.7 Å². The van der Waals surface area contributed by atoms with Gasteiger partial charge in [0.25, 0.3) is 11.1 Å². The van der Waals surface area contributed by atoms with Crippen LogP contribution >= 0.6 is 11.8 Å². The fourth-order valence-electron chi connectivity index (χ4n) is 2.78. The van der Waals surface area contributed by atoms with Crippen molar-refractivity contribution >= 4 is 46.5 Å². The molecule has 2 aromatic carbocycles. The van der Waals surface area contributed by atoms with E-state index in [2.05, 4.69) is 5.32 Å². The van der Waals surface area contributed by atoms with Gasteiger partial charge in [-0.2, -0.15) is 0 Å². The number of carboxylic acids is 1. The van der Waals surface area contributed by atoms with Gasteiger partial charge in [0.2, 0.25) is 5.91 Å². The molecule has 0 aromatic heterocycles. The van der Waals surface area contributed by atoms with E-state index in [0.717, 1.165) is 4.90 Å². The van der Waals surface area contributed by atoms with Crippen LogP contribution in [0.4, 0.5) is 14.9 Å². The molecule has 0 bridgehead atoms. The van der Waals surface area contributed by atoms with E-state index >= 15 is 0 Å². The molecule has 172 valence electrons. The average Bonchev–Trinajstić information content (AvgIpc) is 3.03. The molecule has 1 heterocycles. The first-order valence-corrected chi connectivity index (χ1v) is 10.4. The van der Waals surface area contributed by atoms with Crippen molar-refractivity contribution in [1.29, 1.82) is 0 Å². The van der Waals surface area contributed by atoms with E-state index in [1.807, 2.05) is 0 Å². The van der Waals surface area contributed by atoms with Gasteiger partial charge in [0.1, 0.15) is 12.4 Å². The van der Waals surface area contributed by atoms with E-state index in [1.165, 1.54) is 56.5 Å². The second-order valence-electron chi connectivity index (χ2n) is 6.83. The number of halogens is 1. The minimum atomic E-state index is -1.14. The van der Waals surface area contributed by atoms with Gasteiger partial charge >= 0.3 is 5.97 Å². The molecule has 3 amide bonds. The van der Waals surface area contributed by atoms with Gasteiger partial charge in [-0.15, -0.1) is 0 Å². The summed E-state index contributed by atoms with van der Waals surface area (Å²) in [6.45, 7) is 0.875. The number of nitrogens with one attached hydrogen (secondary N) is 1. The van der Waals surface area contributed by atoms with E-state index in [-0.39, 0.29) is 16.4 Å². The molecule has 0 radical (unpaired) electrons. The number of nitrogens with zero attached hydrogens (tertiary/aromatic N) is 1. The Labute approximate surface area is 192 Å². The minimum Gasteiger partial charge on any atom is -0.493 e. The summed E-state index contributed by atoms with van der Waals surface area (Å²) >= 11 is 0.678. The van der Waals surface area contributed by atoms with E-state index in [1.54, 1.807) is 6.07 Å². The Kier molecular flexibility index (Phi) is 7.34. The normalized spacial score (nSPS) is 15.5. The number of methoxy groups -OCH3 is 1. The third kappa shape index (κ3) is 5.89. The van der Waals surface area contributed by atoms with Crippen LogP contribution in [0.5, 0.6) is 11.5 Å². The fourth-order valence-corrected chi connectivity index (χ4v) is 3.62. The lowest BCUT2D eigenvalue weighted by atomic mass is 10.2. The van der Waals surface area contributed by atoms with Gasteiger partial charge in [-0.1, -0.05) is 6.07 Å². The zero-order valence-corrected chi connectivity index (χ0v) is 18.3. The number of aliphatic carboxylic acids is 1. The third-order valence-electron chi connectivity index (χ3n) is 4.44. The summed E-state index contributed by atoms with van der Waals surface area (Å²) in [6, 6.07) is 9.65. The van der Waals surface area contributed by atoms with Crippen molar-refractivity contribution < 1.29 is 38.1 Å². The highest BCUT2D eigenvalue weighted by Crippen LogP contribution is 2.34. The number of thioether (sulfide) groups is 1. The molecule has 11 heteroatoms. The number of benzene rings is 2. The van der Waals surface area contributed by atoms with Crippen molar-refractivity contribution in [2.45, 2.75) is 13.0 Å². The lowest BCUT2D eigenvalue weighted by Gasteiger charge is -2.14. The highest BCUT2D eigenvalue weighted by atomic mass is 32.2. The van der Waals surface area contributed by atoms with Gasteiger partial charge in [0, 0.05) is 5.69 Å². The summed E-state index contributed by atoms with van der Waals surface area (Å²) in [6.07, 6.45) is 0.359. The number of anilines is 1. The number of hydrogen-bond donors (Lipinski definition) is 2. The molecule has 1 aliphatic rings. The maximum Gasteiger partial charge on any atom is 0.344 e. The molecule has 0 unspecified atom stereocenters. The van der Waals surface area contributed by atoms with Crippen LogP contribution in [0.2, 0.25) is 0 Å². The summed E-state index contributed by atoms with van der Waals surface area (Å²) < 4.78 is 23.5. The smallest absolute Gasteiger partial charge is 0.344 e. The Balaban J connectivity index is 1.71. The predicted molar refractivity (Wildman–Crippen MR) is 118 cm³/mol. The molecule has 1 saturated heterocycles. The Morgan fingerprint density at radius 2 is 1.88 bits per heavy atom. The largest absolute Gasteiger partial charge is 0.493 e. The van der Waals surface area contributed by atoms with Crippen molar-refractivity contribution in [2.75, 3.05) is 19.0 Å². The number of rotatable bonds is 8. The van der Waals surface area contributed by atoms with Gasteiger partial charge < -0.3 is 19.9 Å². The number of imide groups is 1. The number of carbonyl (C=O) groups excluding carboxylic acids is 3. The van der Waals surface area contributed by atoms with Crippen LogP contribution < -0.4 is 14.8 Å². The molecule has 2 N–H and O–H groups in total. The number of hydrogen-bond acceptors (Lipinski definition) is 7. The van der Waals surface area contributed by atoms with Crippen molar-refractivity contribution in [1.82, 2.24) is 4.90 Å². The second kappa shape index (κ2) is 10.2. The van der Waals surface area contributed by atoms with Crippen molar-refractivity contribution in [3.05, 3.63) is 58.8 Å². The summed E-state index contributed by atoms with van der Waals surface area (Å²) in [5.74, 6) is -2.40. The van der Waals surface area contributed by atoms with Crippen LogP contribution in [0.25, 0.3) is 6.08 Å². The Hall–Kier alpha value is -3.86. The fraction of sp³-hybridized carbons (Fsp3) is 0.182. The monoisotopic (exact) mass is 474 g/mol. The SMILES string of the molecule is COc1cc(/C=C2/SC(=O)N(CC(=O)Nc3ccc(F)cc3)C2=O)ccc1O[C@H](C)C(=O)O. The highest BCUT2D eigenvalue weighted by molar-refractivity contribution is 8.18. The molecule has 33 heavy (non-hydrogen) atoms. The Morgan fingerprint density at radius 3 is 2.52 bits per heavy atom. The van der Waals surface area contributed by atoms with Crippen LogP contribution in [-0.2, 0) is 14.4 Å². The van der Waals surface area contributed by atoms with Gasteiger partial charge in [0.15, 0.2) is 17.6 Å². The van der Waals surface area contributed by atoms with E-state index in [0.29, 0.717) is 23.0 Å². The zero-order valence-electron chi connectivity index (χ0n) is 17.5. The Bertz CT molecular complexity index is 1130. The number of ether oxygens (including phenoxy) is 2. The molecule has 0 spiro atoms. The van der Waals surface area contributed by atoms with Gasteiger partial charge in [-0.3, -0.25) is 19.3 Å². The molecule has 3 rings (SSSR count). The molecule has 1 aliphatic heterocycles. The maximum atomic E-state index is 13.0. The van der Waals surface area contributed by atoms with Crippen molar-refractivity contribution in [2.24, 2.45) is 0 Å². The topological polar surface area (TPSA) is 122 Å². The molecular weight excluding hydrogens is 455 g/mol. The highest BCUT2D eigenvalue weighted by Gasteiger charge is 2.36. The lowest BCUT2D eigenvalue weighted by molar-refractivity contribution is -0.144. The van der Waals surface area contributed by atoms with E-state index < -0.39 is 41.5 Å². The molecule has 1 atom stereocenters. The average molecular weight is 474 g/mol. The summed E-state index contributed by atoms with van der Waals surface area (Å²) in [5.41, 5.74) is 0.832. The third-order valence-corrected chi connectivity index (χ3v) is 5.35. The first kappa shape index (κ1) is 23.8. The summed E-state index contributed by atoms with van der Waals surface area (Å²) in [5, 5.41) is 10.9. The van der Waals surface area contributed by atoms with Crippen molar-refractivity contribution in [3.63, 3.8) is 0 Å². The minimum absolute atomic E-state index is 0.101. The lowest BCUT2D eigenvalue weighted by Crippen LogP contribution is -2.36. The standard InChI is InChI=1S/C22H19FN2O7S/c1-12(21(28)29)32-16-8-3-13(9-17(16)31-2)10-18-20(27)25(22(30)33-18)11-19(26)24-15-6-4-14(23)5-7-15/h3-10,12H,11H2,1-2H3,(H,24,26)(H,28,29)/b18-10+/t12-/m1/s1. The Morgan fingerprint density at radius 1 is 1.18 bits per heavy atom. The molecular formula is C22H19FN2O7S. The zero-order chi connectivity index (χ0) is 24.1. The molecule has 0 aliphatic carbocycles. The number of amides is 3. The first-order valence-electron chi connectivity index (χ1n) is 9.56. The van der Waals surface area contributed by atoms with Crippen LogP contribution in [0.3, 0.4) is 0 Å². The molecule has 1 fully saturated rings. The van der Waals surface area contributed by atoms with E-state index in [4.69, 9.17) is 14.6 Å². The van der Waals surface area contributed by atoms with E-state index in [9.17, 15) is 23.6 Å². The molecule has 2 aromatic rings. The molecule has 0 saturated carbocycles. The van der Waals surface area contributed by atoms with Gasteiger partial charge in [0.05, 0.1) is 12.0 Å². The first-order chi connectivity index (χ1) is 15.7. The maximum absolute atomic E-state index is 13.0. The second-order valence-corrected chi connectivity index (χ2v) is 7.82. The quantitative estimate of drug-likeness (QED) is 0.559. The van der Waals surface area contributed by atoms with Crippen LogP contribution in [0, 0.1) is 5.82 Å². The van der Waals surface area contributed by atoms with Gasteiger partial charge in [-0.25, -0.2) is 9.18 Å². The van der Waals surface area contributed by atoms with Crippen LogP contribution in [0.1, 0.15) is 12.5 Å². The van der Waals surface area contributed by atoms with Crippen molar-refractivity contribution in [3.8, 4) is 11.5 Å². The summed E-state index contributed by atoms with van der Waals surface area (Å²) in [7, 11) is 1.38. The predicted octanol–water partition coefficient (Wildman–Crippen LogP) is 3.36. The number of carboxylic acid groups (broad SMARTS) is 1.